The maximum Gasteiger partial charge on any atom is 0.158 e. The summed E-state index contributed by atoms with van der Waals surface area (Å²) in [6, 6.07) is 1.90. The topological polar surface area (TPSA) is 74.3 Å². The highest BCUT2D eigenvalue weighted by Gasteiger charge is 2.08. The molecule has 108 valence electrons. The first kappa shape index (κ1) is 13.4. The van der Waals surface area contributed by atoms with Gasteiger partial charge in [0.2, 0.25) is 0 Å². The molecule has 0 aliphatic rings. The van der Waals surface area contributed by atoms with E-state index in [0.717, 1.165) is 43.3 Å². The molecule has 0 N–H and O–H groups in total. The zero-order valence-corrected chi connectivity index (χ0v) is 11.9. The second-order valence-electron chi connectivity index (χ2n) is 4.68. The molecule has 7 heteroatoms. The molecule has 0 saturated heterocycles. The van der Waals surface area contributed by atoms with E-state index in [1.54, 1.807) is 18.6 Å². The Labute approximate surface area is 122 Å². The van der Waals surface area contributed by atoms with E-state index >= 15 is 0 Å². The van der Waals surface area contributed by atoms with Gasteiger partial charge < -0.3 is 4.57 Å². The number of nitrogens with zero attached hydrogens (tertiary/aromatic N) is 7. The van der Waals surface area contributed by atoms with Crippen LogP contribution in [0.25, 0.3) is 11.5 Å². The van der Waals surface area contributed by atoms with Gasteiger partial charge in [-0.05, 0) is 12.5 Å². The SMILES string of the molecule is CCc1nccc(-c2nccn2CCCn2ccnn2)n1. The number of rotatable bonds is 6. The predicted molar refractivity (Wildman–Crippen MR) is 77.3 cm³/mol. The number of hydrogen-bond acceptors (Lipinski definition) is 5. The minimum absolute atomic E-state index is 0.820. The fourth-order valence-electron chi connectivity index (χ4n) is 2.17. The van der Waals surface area contributed by atoms with E-state index < -0.39 is 0 Å². The summed E-state index contributed by atoms with van der Waals surface area (Å²) in [7, 11) is 0. The van der Waals surface area contributed by atoms with Crippen molar-refractivity contribution >= 4 is 0 Å². The molecule has 0 unspecified atom stereocenters. The van der Waals surface area contributed by atoms with Gasteiger partial charge in [-0.1, -0.05) is 12.1 Å². The molecule has 21 heavy (non-hydrogen) atoms. The quantitative estimate of drug-likeness (QED) is 0.686. The zero-order valence-electron chi connectivity index (χ0n) is 11.9. The smallest absolute Gasteiger partial charge is 0.158 e. The van der Waals surface area contributed by atoms with Crippen molar-refractivity contribution in [2.24, 2.45) is 0 Å². The van der Waals surface area contributed by atoms with Crippen molar-refractivity contribution in [3.05, 3.63) is 42.9 Å². The standard InChI is InChI=1S/C14H17N7/c1-2-13-15-5-4-12(18-13)14-16-6-10-20(14)8-3-9-21-11-7-17-19-21/h4-7,10-11H,2-3,8-9H2,1H3. The Morgan fingerprint density at radius 2 is 2.00 bits per heavy atom. The molecule has 0 aliphatic heterocycles. The van der Waals surface area contributed by atoms with Crippen LogP contribution in [0.3, 0.4) is 0 Å². The van der Waals surface area contributed by atoms with Crippen molar-refractivity contribution in [1.82, 2.24) is 34.5 Å². The molecule has 0 bridgehead atoms. The minimum atomic E-state index is 0.820. The van der Waals surface area contributed by atoms with Gasteiger partial charge in [0.05, 0.1) is 6.20 Å². The van der Waals surface area contributed by atoms with E-state index in [4.69, 9.17) is 0 Å². The molecular formula is C14H17N7. The molecule has 0 spiro atoms. The maximum absolute atomic E-state index is 4.53. The molecule has 3 aromatic heterocycles. The summed E-state index contributed by atoms with van der Waals surface area (Å²) < 4.78 is 3.94. The molecule has 0 atom stereocenters. The molecule has 7 nitrogen and oxygen atoms in total. The summed E-state index contributed by atoms with van der Waals surface area (Å²) in [5, 5.41) is 7.76. The molecule has 3 rings (SSSR count). The third kappa shape index (κ3) is 3.13. The minimum Gasteiger partial charge on any atom is -0.330 e. The predicted octanol–water partition coefficient (Wildman–Crippen LogP) is 1.58. The van der Waals surface area contributed by atoms with Crippen LogP contribution in [0.2, 0.25) is 0 Å². The Morgan fingerprint density at radius 3 is 2.81 bits per heavy atom. The summed E-state index contributed by atoms with van der Waals surface area (Å²) in [5.74, 6) is 1.72. The van der Waals surface area contributed by atoms with Gasteiger partial charge in [-0.25, -0.2) is 15.0 Å². The van der Waals surface area contributed by atoms with Crippen LogP contribution in [0.15, 0.2) is 37.1 Å². The first-order valence-electron chi connectivity index (χ1n) is 7.04. The van der Waals surface area contributed by atoms with E-state index in [0.29, 0.717) is 0 Å². The fraction of sp³-hybridized carbons (Fsp3) is 0.357. The molecule has 3 aromatic rings. The molecule has 0 fully saturated rings. The number of hydrogen-bond donors (Lipinski definition) is 0. The van der Waals surface area contributed by atoms with Crippen LogP contribution >= 0.6 is 0 Å². The number of aromatic nitrogens is 7. The van der Waals surface area contributed by atoms with Crippen molar-refractivity contribution in [2.45, 2.75) is 32.9 Å². The average Bonchev–Trinajstić information content (AvgIpc) is 3.19. The molecule has 0 amide bonds. The summed E-state index contributed by atoms with van der Waals surface area (Å²) in [5.41, 5.74) is 0.868. The van der Waals surface area contributed by atoms with Crippen LogP contribution in [0, 0.1) is 0 Å². The Balaban J connectivity index is 1.71. The average molecular weight is 283 g/mol. The first-order chi connectivity index (χ1) is 10.4. The van der Waals surface area contributed by atoms with Crippen molar-refractivity contribution in [2.75, 3.05) is 0 Å². The normalized spacial score (nSPS) is 10.9. The lowest BCUT2D eigenvalue weighted by molar-refractivity contribution is 0.516. The van der Waals surface area contributed by atoms with Crippen LogP contribution in [-0.2, 0) is 19.5 Å². The van der Waals surface area contributed by atoms with Crippen molar-refractivity contribution in [3.63, 3.8) is 0 Å². The van der Waals surface area contributed by atoms with E-state index in [9.17, 15) is 0 Å². The zero-order chi connectivity index (χ0) is 14.5. The highest BCUT2D eigenvalue weighted by Crippen LogP contribution is 2.15. The Kier molecular flexibility index (Phi) is 3.99. The van der Waals surface area contributed by atoms with Gasteiger partial charge >= 0.3 is 0 Å². The lowest BCUT2D eigenvalue weighted by atomic mass is 10.3. The molecular weight excluding hydrogens is 266 g/mol. The van der Waals surface area contributed by atoms with Gasteiger partial charge in [-0.2, -0.15) is 0 Å². The van der Waals surface area contributed by atoms with Gasteiger partial charge in [0.1, 0.15) is 11.5 Å². The lowest BCUT2D eigenvalue weighted by Crippen LogP contribution is -2.06. The number of imidazole rings is 1. The first-order valence-corrected chi connectivity index (χ1v) is 7.04. The largest absolute Gasteiger partial charge is 0.330 e. The second kappa shape index (κ2) is 6.25. The van der Waals surface area contributed by atoms with E-state index in [1.165, 1.54) is 0 Å². The third-order valence-electron chi connectivity index (χ3n) is 3.22. The van der Waals surface area contributed by atoms with Crippen LogP contribution in [0.1, 0.15) is 19.2 Å². The van der Waals surface area contributed by atoms with Crippen LogP contribution in [0.4, 0.5) is 0 Å². The van der Waals surface area contributed by atoms with Gasteiger partial charge in [0.15, 0.2) is 5.82 Å². The third-order valence-corrected chi connectivity index (χ3v) is 3.22. The highest BCUT2D eigenvalue weighted by molar-refractivity contribution is 5.48. The lowest BCUT2D eigenvalue weighted by Gasteiger charge is -2.08. The van der Waals surface area contributed by atoms with Gasteiger partial charge in [-0.3, -0.25) is 4.68 Å². The van der Waals surface area contributed by atoms with E-state index in [2.05, 4.69) is 29.8 Å². The van der Waals surface area contributed by atoms with Gasteiger partial charge in [-0.15, -0.1) is 5.10 Å². The summed E-state index contributed by atoms with van der Waals surface area (Å²) >= 11 is 0. The molecule has 3 heterocycles. The van der Waals surface area contributed by atoms with Gasteiger partial charge in [0.25, 0.3) is 0 Å². The maximum atomic E-state index is 4.53. The Hall–Kier alpha value is -2.57. The second-order valence-corrected chi connectivity index (χ2v) is 4.68. The summed E-state index contributed by atoms with van der Waals surface area (Å²) in [4.78, 5) is 13.2. The highest BCUT2D eigenvalue weighted by atomic mass is 15.4. The Bertz CT molecular complexity index is 687. The molecule has 0 aliphatic carbocycles. The van der Waals surface area contributed by atoms with Crippen molar-refractivity contribution in [3.8, 4) is 11.5 Å². The summed E-state index contributed by atoms with van der Waals surface area (Å²) in [6.45, 7) is 3.74. The van der Waals surface area contributed by atoms with E-state index in [1.807, 2.05) is 30.1 Å². The van der Waals surface area contributed by atoms with Crippen molar-refractivity contribution in [1.29, 1.82) is 0 Å². The van der Waals surface area contributed by atoms with Crippen LogP contribution < -0.4 is 0 Å². The number of aryl methyl sites for hydroxylation is 3. The fourth-order valence-corrected chi connectivity index (χ4v) is 2.17. The van der Waals surface area contributed by atoms with Crippen molar-refractivity contribution < 1.29 is 0 Å². The Morgan fingerprint density at radius 1 is 1.05 bits per heavy atom. The molecule has 0 aromatic carbocycles. The summed E-state index contributed by atoms with van der Waals surface area (Å²) in [6.07, 6.45) is 10.9. The monoisotopic (exact) mass is 283 g/mol. The van der Waals surface area contributed by atoms with Crippen LogP contribution in [-0.4, -0.2) is 34.5 Å². The molecule has 0 saturated carbocycles. The van der Waals surface area contributed by atoms with E-state index in [-0.39, 0.29) is 0 Å². The molecule has 0 radical (unpaired) electrons. The van der Waals surface area contributed by atoms with Crippen LogP contribution in [0.5, 0.6) is 0 Å². The van der Waals surface area contributed by atoms with Gasteiger partial charge in [0, 0.05) is 44.3 Å².